The van der Waals surface area contributed by atoms with Gasteiger partial charge in [-0.15, -0.1) is 0 Å². The first-order chi connectivity index (χ1) is 17.5. The number of ether oxygens (including phenoxy) is 2. The summed E-state index contributed by atoms with van der Waals surface area (Å²) >= 11 is 0. The Hall–Kier alpha value is -3.75. The number of aliphatic hydroxyl groups excluding tert-OH is 1. The van der Waals surface area contributed by atoms with Gasteiger partial charge in [-0.1, -0.05) is 6.07 Å². The van der Waals surface area contributed by atoms with E-state index in [1.807, 2.05) is 12.1 Å². The third kappa shape index (κ3) is 4.34. The van der Waals surface area contributed by atoms with Crippen molar-refractivity contribution in [2.45, 2.75) is 25.2 Å². The van der Waals surface area contributed by atoms with Gasteiger partial charge in [0.15, 0.2) is 5.75 Å². The molecule has 0 unspecified atom stereocenters. The molecule has 1 aromatic carbocycles. The first-order valence-electron chi connectivity index (χ1n) is 11.7. The van der Waals surface area contributed by atoms with Crippen LogP contribution in [0.2, 0.25) is 0 Å². The predicted molar refractivity (Wildman–Crippen MR) is 129 cm³/mol. The smallest absolute Gasteiger partial charge is 0.272 e. The number of hydrogen-bond donors (Lipinski definition) is 3. The second kappa shape index (κ2) is 10.1. The number of methoxy groups -OCH3 is 1. The van der Waals surface area contributed by atoms with Gasteiger partial charge < -0.3 is 29.4 Å². The molecule has 0 saturated carbocycles. The zero-order valence-electron chi connectivity index (χ0n) is 19.7. The highest BCUT2D eigenvalue weighted by Crippen LogP contribution is 2.41. The summed E-state index contributed by atoms with van der Waals surface area (Å²) in [5, 5.41) is 19.3. The van der Waals surface area contributed by atoms with Crippen LogP contribution in [-0.2, 0) is 0 Å². The van der Waals surface area contributed by atoms with Crippen LogP contribution in [0.25, 0.3) is 33.3 Å². The quantitative estimate of drug-likeness (QED) is 0.339. The Morgan fingerprint density at radius 1 is 1.31 bits per heavy atom. The van der Waals surface area contributed by atoms with Gasteiger partial charge >= 0.3 is 0 Å². The highest BCUT2D eigenvalue weighted by Gasteiger charge is 2.27. The van der Waals surface area contributed by atoms with E-state index in [9.17, 15) is 19.1 Å². The normalized spacial score (nSPS) is 15.1. The zero-order chi connectivity index (χ0) is 25.2. The number of pyridine rings is 1. The van der Waals surface area contributed by atoms with Crippen LogP contribution in [0.4, 0.5) is 8.78 Å². The van der Waals surface area contributed by atoms with Crippen LogP contribution in [0.3, 0.4) is 0 Å². The standard InChI is InChI=1S/C25H26F2N6O3/c1-35-25-20(21-17(12-30-25)15(10-28)11-29-21)24-31-18-3-2-16(14-4-6-33(7-5-14)8-9-34)23(22(18)32-24)36-13-19(26)27/h2-3,11-12,14,19,29,34H,4-9,13H2,1H3,(H,31,32). The van der Waals surface area contributed by atoms with Crippen molar-refractivity contribution in [2.75, 3.05) is 40.0 Å². The van der Waals surface area contributed by atoms with Crippen LogP contribution in [-0.4, -0.2) is 76.3 Å². The summed E-state index contributed by atoms with van der Waals surface area (Å²) in [4.78, 5) is 17.6. The Morgan fingerprint density at radius 2 is 2.11 bits per heavy atom. The molecule has 1 aliphatic heterocycles. The van der Waals surface area contributed by atoms with E-state index in [4.69, 9.17) is 14.5 Å². The minimum absolute atomic E-state index is 0.108. The summed E-state index contributed by atoms with van der Waals surface area (Å²) in [6.45, 7) is 1.61. The Morgan fingerprint density at radius 3 is 2.81 bits per heavy atom. The average Bonchev–Trinajstić information content (AvgIpc) is 3.51. The first-order valence-corrected chi connectivity index (χ1v) is 11.7. The summed E-state index contributed by atoms with van der Waals surface area (Å²) in [6.07, 6.45) is 2.18. The van der Waals surface area contributed by atoms with Gasteiger partial charge in [-0.05, 0) is 43.5 Å². The molecule has 0 atom stereocenters. The summed E-state index contributed by atoms with van der Waals surface area (Å²) in [6, 6.07) is 5.93. The Balaban J connectivity index is 1.61. The van der Waals surface area contributed by atoms with E-state index in [2.05, 4.69) is 25.9 Å². The maximum Gasteiger partial charge on any atom is 0.272 e. The number of aromatic amines is 2. The summed E-state index contributed by atoms with van der Waals surface area (Å²) in [5.74, 6) is 1.19. The number of aromatic nitrogens is 4. The van der Waals surface area contributed by atoms with Gasteiger partial charge in [-0.25, -0.2) is 18.7 Å². The van der Waals surface area contributed by atoms with Crippen LogP contribution < -0.4 is 9.47 Å². The number of imidazole rings is 1. The Kier molecular flexibility index (Phi) is 6.71. The SMILES string of the molecule is COc1ncc2c(C#N)c[nH]c2c1-c1nc2c(OCC(F)F)c(C3CCN(CCO)CC3)ccc2[nH]1. The number of halogens is 2. The zero-order valence-corrected chi connectivity index (χ0v) is 19.7. The number of nitrogens with zero attached hydrogens (tertiary/aromatic N) is 4. The number of nitrogens with one attached hydrogen (secondary N) is 2. The maximum absolute atomic E-state index is 13.2. The van der Waals surface area contributed by atoms with E-state index in [0.717, 1.165) is 31.5 Å². The van der Waals surface area contributed by atoms with E-state index in [0.29, 0.717) is 57.1 Å². The van der Waals surface area contributed by atoms with Crippen LogP contribution in [0, 0.1) is 11.3 Å². The average molecular weight is 497 g/mol. The molecule has 1 saturated heterocycles. The van der Waals surface area contributed by atoms with Crippen molar-refractivity contribution in [3.8, 4) is 29.1 Å². The fourth-order valence-corrected chi connectivity index (χ4v) is 4.95. The van der Waals surface area contributed by atoms with Gasteiger partial charge in [0, 0.05) is 24.3 Å². The van der Waals surface area contributed by atoms with Crippen LogP contribution >= 0.6 is 0 Å². The van der Waals surface area contributed by atoms with Crippen molar-refractivity contribution in [3.63, 3.8) is 0 Å². The minimum Gasteiger partial charge on any atom is -0.485 e. The molecule has 36 heavy (non-hydrogen) atoms. The second-order valence-corrected chi connectivity index (χ2v) is 8.75. The number of aliphatic hydroxyl groups is 1. The predicted octanol–water partition coefficient (Wildman–Crippen LogP) is 3.80. The third-order valence-corrected chi connectivity index (χ3v) is 6.68. The number of β-amino-alcohol motifs (C(OH)–C–C–N with tert-alkyl or cyclic N) is 1. The van der Waals surface area contributed by atoms with E-state index in [1.54, 1.807) is 12.4 Å². The lowest BCUT2D eigenvalue weighted by Gasteiger charge is -2.32. The molecule has 1 aliphatic rings. The number of rotatable bonds is 8. The fourth-order valence-electron chi connectivity index (χ4n) is 4.95. The lowest BCUT2D eigenvalue weighted by molar-refractivity contribution is 0.0815. The van der Waals surface area contributed by atoms with Crippen molar-refractivity contribution in [1.29, 1.82) is 5.26 Å². The van der Waals surface area contributed by atoms with Crippen LogP contribution in [0.15, 0.2) is 24.5 Å². The molecular formula is C25H26F2N6O3. The molecule has 0 bridgehead atoms. The minimum atomic E-state index is -2.63. The fraction of sp³-hybridized carbons (Fsp3) is 0.400. The number of H-pyrrole nitrogens is 2. The topological polar surface area (TPSA) is 123 Å². The van der Waals surface area contributed by atoms with Gasteiger partial charge in [0.25, 0.3) is 6.43 Å². The third-order valence-electron chi connectivity index (χ3n) is 6.68. The lowest BCUT2D eigenvalue weighted by Crippen LogP contribution is -2.35. The number of benzene rings is 1. The van der Waals surface area contributed by atoms with Gasteiger partial charge in [-0.2, -0.15) is 5.26 Å². The van der Waals surface area contributed by atoms with Crippen LogP contribution in [0.1, 0.15) is 29.9 Å². The number of likely N-dealkylation sites (tertiary alicyclic amines) is 1. The molecule has 0 amide bonds. The molecular weight excluding hydrogens is 470 g/mol. The van der Waals surface area contributed by atoms with Crippen LogP contribution in [0.5, 0.6) is 11.6 Å². The monoisotopic (exact) mass is 496 g/mol. The van der Waals surface area contributed by atoms with Crippen molar-refractivity contribution in [2.24, 2.45) is 0 Å². The number of hydrogen-bond acceptors (Lipinski definition) is 7. The molecule has 1 fully saturated rings. The highest BCUT2D eigenvalue weighted by atomic mass is 19.3. The van der Waals surface area contributed by atoms with Crippen molar-refractivity contribution in [3.05, 3.63) is 35.7 Å². The lowest BCUT2D eigenvalue weighted by atomic mass is 9.88. The summed E-state index contributed by atoms with van der Waals surface area (Å²) < 4.78 is 37.5. The van der Waals surface area contributed by atoms with Gasteiger partial charge in [0.05, 0.1) is 30.3 Å². The molecule has 5 rings (SSSR count). The number of piperidine rings is 1. The van der Waals surface area contributed by atoms with Gasteiger partial charge in [0.2, 0.25) is 5.88 Å². The second-order valence-electron chi connectivity index (χ2n) is 8.75. The Bertz CT molecular complexity index is 1420. The van der Waals surface area contributed by atoms with E-state index in [-0.39, 0.29) is 12.5 Å². The molecule has 0 radical (unpaired) electrons. The van der Waals surface area contributed by atoms with E-state index in [1.165, 1.54) is 7.11 Å². The molecule has 0 aliphatic carbocycles. The Labute approximate surface area is 205 Å². The number of fused-ring (bicyclic) bond motifs is 2. The highest BCUT2D eigenvalue weighted by molar-refractivity contribution is 5.99. The summed E-state index contributed by atoms with van der Waals surface area (Å²) in [5.41, 5.74) is 3.53. The van der Waals surface area contributed by atoms with Crippen molar-refractivity contribution >= 4 is 21.9 Å². The molecule has 0 spiro atoms. The number of nitriles is 1. The number of alkyl halides is 2. The molecule has 9 nitrogen and oxygen atoms in total. The van der Waals surface area contributed by atoms with Gasteiger partial charge in [0.1, 0.15) is 29.6 Å². The molecule has 4 heterocycles. The van der Waals surface area contributed by atoms with Crippen molar-refractivity contribution in [1.82, 2.24) is 24.8 Å². The van der Waals surface area contributed by atoms with E-state index < -0.39 is 13.0 Å². The molecule has 188 valence electrons. The van der Waals surface area contributed by atoms with E-state index >= 15 is 0 Å². The largest absolute Gasteiger partial charge is 0.485 e. The van der Waals surface area contributed by atoms with Gasteiger partial charge in [-0.3, -0.25) is 0 Å². The molecule has 4 aromatic rings. The summed E-state index contributed by atoms with van der Waals surface area (Å²) in [7, 11) is 1.49. The first kappa shape index (κ1) is 24.0. The molecule has 3 N–H and O–H groups in total. The maximum atomic E-state index is 13.2. The molecule has 3 aromatic heterocycles. The molecule has 11 heteroatoms. The van der Waals surface area contributed by atoms with Crippen molar-refractivity contribution < 1.29 is 23.4 Å².